The topological polar surface area (TPSA) is 63.6 Å². The summed E-state index contributed by atoms with van der Waals surface area (Å²) in [6.45, 7) is -0.698. The molecule has 0 unspecified atom stereocenters. The van der Waals surface area contributed by atoms with Crippen LogP contribution in [0.5, 0.6) is 0 Å². The first-order valence-electron chi connectivity index (χ1n) is 2.32. The van der Waals surface area contributed by atoms with Crippen LogP contribution in [-0.2, 0) is 14.6 Å². The zero-order valence-electron chi connectivity index (χ0n) is 4.83. The first-order valence-corrected chi connectivity index (χ1v) is 3.68. The van der Waals surface area contributed by atoms with Crippen LogP contribution < -0.4 is 0 Å². The molecule has 4 nitrogen and oxygen atoms in total. The zero-order chi connectivity index (χ0) is 8.20. The van der Waals surface area contributed by atoms with Gasteiger partial charge in [-0.2, -0.15) is 8.42 Å². The van der Waals surface area contributed by atoms with E-state index in [2.05, 4.69) is 4.18 Å². The molecule has 0 saturated heterocycles. The van der Waals surface area contributed by atoms with Crippen molar-refractivity contribution < 1.29 is 25.9 Å². The molecule has 7 heteroatoms. The van der Waals surface area contributed by atoms with Crippen molar-refractivity contribution >= 4 is 10.4 Å². The van der Waals surface area contributed by atoms with Crippen LogP contribution in [0.25, 0.3) is 0 Å². The van der Waals surface area contributed by atoms with Gasteiger partial charge in [-0.15, -0.1) is 0 Å². The average molecular weight is 176 g/mol. The summed E-state index contributed by atoms with van der Waals surface area (Å²) >= 11 is 0. The van der Waals surface area contributed by atoms with Crippen LogP contribution >= 0.6 is 0 Å². The standard InChI is InChI=1S/C3H6F2O4S/c4-3(5)1-2-9-10(6,7)8/h3H,1-2H2,(H,6,7,8). The van der Waals surface area contributed by atoms with E-state index in [1.165, 1.54) is 0 Å². The molecule has 0 aromatic carbocycles. The molecule has 0 amide bonds. The summed E-state index contributed by atoms with van der Waals surface area (Å²) in [7, 11) is -4.55. The van der Waals surface area contributed by atoms with Gasteiger partial charge >= 0.3 is 10.4 Å². The minimum atomic E-state index is -4.55. The van der Waals surface area contributed by atoms with E-state index in [1.807, 2.05) is 0 Å². The fraction of sp³-hybridized carbons (Fsp3) is 1.00. The largest absolute Gasteiger partial charge is 0.397 e. The summed E-state index contributed by atoms with van der Waals surface area (Å²) in [6, 6.07) is 0. The van der Waals surface area contributed by atoms with E-state index < -0.39 is 29.9 Å². The summed E-state index contributed by atoms with van der Waals surface area (Å²) in [5.41, 5.74) is 0. The van der Waals surface area contributed by atoms with Gasteiger partial charge in [-0.05, 0) is 0 Å². The molecule has 0 aliphatic heterocycles. The molecule has 0 spiro atoms. The van der Waals surface area contributed by atoms with Gasteiger partial charge < -0.3 is 0 Å². The second-order valence-corrected chi connectivity index (χ2v) is 2.52. The number of halogens is 2. The van der Waals surface area contributed by atoms with Gasteiger partial charge in [-0.25, -0.2) is 13.0 Å². The highest BCUT2D eigenvalue weighted by atomic mass is 32.3. The highest BCUT2D eigenvalue weighted by molar-refractivity contribution is 7.80. The first kappa shape index (κ1) is 9.73. The van der Waals surface area contributed by atoms with Crippen molar-refractivity contribution in [3.63, 3.8) is 0 Å². The molecule has 0 aliphatic rings. The third-order valence-corrected chi connectivity index (χ3v) is 1.03. The Balaban J connectivity index is 3.39. The SMILES string of the molecule is O=S(=O)(O)OCCC(F)F. The molecule has 0 radical (unpaired) electrons. The van der Waals surface area contributed by atoms with E-state index in [4.69, 9.17) is 4.55 Å². The van der Waals surface area contributed by atoms with Crippen molar-refractivity contribution in [1.82, 2.24) is 0 Å². The van der Waals surface area contributed by atoms with E-state index in [1.54, 1.807) is 0 Å². The van der Waals surface area contributed by atoms with Crippen molar-refractivity contribution in [1.29, 1.82) is 0 Å². The Kier molecular flexibility index (Phi) is 3.69. The van der Waals surface area contributed by atoms with Crippen molar-refractivity contribution in [2.24, 2.45) is 0 Å². The lowest BCUT2D eigenvalue weighted by Crippen LogP contribution is -2.07. The molecule has 0 fully saturated rings. The van der Waals surface area contributed by atoms with Gasteiger partial charge in [0.2, 0.25) is 6.43 Å². The monoisotopic (exact) mass is 176 g/mol. The molecule has 0 aromatic rings. The third kappa shape index (κ3) is 7.73. The Labute approximate surface area is 56.8 Å². The van der Waals surface area contributed by atoms with Crippen LogP contribution in [0.4, 0.5) is 8.78 Å². The molecule has 62 valence electrons. The number of hydrogen-bond donors (Lipinski definition) is 1. The maximum absolute atomic E-state index is 11.3. The second-order valence-electron chi connectivity index (χ2n) is 1.43. The highest BCUT2D eigenvalue weighted by Gasteiger charge is 2.07. The molecule has 0 saturated carbocycles. The fourth-order valence-electron chi connectivity index (χ4n) is 0.243. The molecular weight excluding hydrogens is 170 g/mol. The van der Waals surface area contributed by atoms with Crippen molar-refractivity contribution in [2.45, 2.75) is 12.8 Å². The minimum Gasteiger partial charge on any atom is -0.264 e. The lowest BCUT2D eigenvalue weighted by Gasteiger charge is -1.97. The summed E-state index contributed by atoms with van der Waals surface area (Å²) < 4.78 is 53.3. The third-order valence-electron chi connectivity index (χ3n) is 0.568. The first-order chi connectivity index (χ1) is 4.42. The Morgan fingerprint density at radius 3 is 2.30 bits per heavy atom. The van der Waals surface area contributed by atoms with Gasteiger partial charge in [0.15, 0.2) is 0 Å². The highest BCUT2D eigenvalue weighted by Crippen LogP contribution is 1.99. The van der Waals surface area contributed by atoms with Crippen LogP contribution in [-0.4, -0.2) is 26.0 Å². The molecule has 0 rings (SSSR count). The smallest absolute Gasteiger partial charge is 0.264 e. The number of rotatable bonds is 4. The van der Waals surface area contributed by atoms with E-state index in [0.29, 0.717) is 0 Å². The molecule has 10 heavy (non-hydrogen) atoms. The van der Waals surface area contributed by atoms with Crippen LogP contribution in [0, 0.1) is 0 Å². The molecule has 0 aromatic heterocycles. The quantitative estimate of drug-likeness (QED) is 0.632. The van der Waals surface area contributed by atoms with Gasteiger partial charge in [0, 0.05) is 6.42 Å². The molecule has 1 N–H and O–H groups in total. The average Bonchev–Trinajstić information content (AvgIpc) is 1.59. The molecular formula is C3H6F2O4S. The van der Waals surface area contributed by atoms with Crippen LogP contribution in [0.3, 0.4) is 0 Å². The lowest BCUT2D eigenvalue weighted by atomic mass is 10.5. The number of alkyl halides is 2. The summed E-state index contributed by atoms with van der Waals surface area (Å²) in [4.78, 5) is 0. The molecule has 0 bridgehead atoms. The van der Waals surface area contributed by atoms with Crippen molar-refractivity contribution in [2.75, 3.05) is 6.61 Å². The van der Waals surface area contributed by atoms with E-state index in [-0.39, 0.29) is 0 Å². The second kappa shape index (κ2) is 3.79. The minimum absolute atomic E-state index is 0.698. The number of hydrogen-bond acceptors (Lipinski definition) is 3. The summed E-state index contributed by atoms with van der Waals surface area (Å²) in [6.07, 6.45) is -3.33. The Morgan fingerprint density at radius 1 is 1.50 bits per heavy atom. The Bertz CT molecular complexity index is 175. The maximum atomic E-state index is 11.3. The maximum Gasteiger partial charge on any atom is 0.397 e. The van der Waals surface area contributed by atoms with E-state index in [0.717, 1.165) is 0 Å². The molecule has 0 aliphatic carbocycles. The van der Waals surface area contributed by atoms with Gasteiger partial charge in [-0.1, -0.05) is 0 Å². The fourth-order valence-corrected chi connectivity index (χ4v) is 0.549. The normalized spacial score (nSPS) is 12.4. The van der Waals surface area contributed by atoms with E-state index in [9.17, 15) is 17.2 Å². The predicted octanol–water partition coefficient (Wildman–Crippen LogP) is 0.461. The Morgan fingerprint density at radius 2 is 2.00 bits per heavy atom. The van der Waals surface area contributed by atoms with E-state index >= 15 is 0 Å². The van der Waals surface area contributed by atoms with Crippen molar-refractivity contribution in [3.8, 4) is 0 Å². The lowest BCUT2D eigenvalue weighted by molar-refractivity contribution is 0.112. The summed E-state index contributed by atoms with van der Waals surface area (Å²) in [5.74, 6) is 0. The van der Waals surface area contributed by atoms with Gasteiger partial charge in [-0.3, -0.25) is 4.55 Å². The molecule has 0 heterocycles. The van der Waals surface area contributed by atoms with Crippen LogP contribution in [0.15, 0.2) is 0 Å². The zero-order valence-corrected chi connectivity index (χ0v) is 5.64. The Hall–Kier alpha value is -0.270. The van der Waals surface area contributed by atoms with Gasteiger partial charge in [0.05, 0.1) is 6.61 Å². The predicted molar refractivity (Wildman–Crippen MR) is 28.1 cm³/mol. The van der Waals surface area contributed by atoms with Gasteiger partial charge in [0.25, 0.3) is 0 Å². The van der Waals surface area contributed by atoms with Crippen molar-refractivity contribution in [3.05, 3.63) is 0 Å². The van der Waals surface area contributed by atoms with Crippen LogP contribution in [0.2, 0.25) is 0 Å². The summed E-state index contributed by atoms with van der Waals surface area (Å²) in [5, 5.41) is 0. The van der Waals surface area contributed by atoms with Crippen LogP contribution in [0.1, 0.15) is 6.42 Å². The van der Waals surface area contributed by atoms with Gasteiger partial charge in [0.1, 0.15) is 0 Å². The molecule has 0 atom stereocenters.